The van der Waals surface area contributed by atoms with Crippen LogP contribution in [0.3, 0.4) is 0 Å². The predicted molar refractivity (Wildman–Crippen MR) is 105 cm³/mol. The van der Waals surface area contributed by atoms with Crippen LogP contribution in [-0.4, -0.2) is 53.8 Å². The van der Waals surface area contributed by atoms with Crippen LogP contribution in [0.1, 0.15) is 22.5 Å². The number of piperazine rings is 1. The maximum Gasteiger partial charge on any atom is 0.254 e. The van der Waals surface area contributed by atoms with Crippen LogP contribution in [0, 0.1) is 6.92 Å². The standard InChI is InChI=1S/C20H23N5O3/c1-12-3-8-15(18(21)24-12)13-4-6-14(7-5-13)20(28)25-10-9-23-19(27)16(25)11-17(26)22-2/h3-8,16H,9-11H2,1-2H3,(H2,21,24)(H,22,26)(H,23,27)/t16-/m1/s1. The van der Waals surface area contributed by atoms with Gasteiger partial charge in [-0.25, -0.2) is 4.98 Å². The second-order valence-electron chi connectivity index (χ2n) is 6.65. The van der Waals surface area contributed by atoms with Gasteiger partial charge in [0.15, 0.2) is 0 Å². The van der Waals surface area contributed by atoms with Crippen molar-refractivity contribution in [3.63, 3.8) is 0 Å². The van der Waals surface area contributed by atoms with Crippen molar-refractivity contribution in [3.8, 4) is 11.1 Å². The molecule has 8 heteroatoms. The maximum atomic E-state index is 13.0. The highest BCUT2D eigenvalue weighted by atomic mass is 16.2. The maximum absolute atomic E-state index is 13.0. The van der Waals surface area contributed by atoms with Crippen molar-refractivity contribution >= 4 is 23.5 Å². The number of pyridine rings is 1. The molecule has 1 aliphatic rings. The molecule has 0 unspecified atom stereocenters. The molecule has 1 atom stereocenters. The number of carbonyl (C=O) groups is 3. The van der Waals surface area contributed by atoms with Crippen LogP contribution in [0.5, 0.6) is 0 Å². The summed E-state index contributed by atoms with van der Waals surface area (Å²) in [5.74, 6) is -0.474. The normalized spacial score (nSPS) is 16.4. The van der Waals surface area contributed by atoms with Crippen molar-refractivity contribution in [3.05, 3.63) is 47.7 Å². The summed E-state index contributed by atoms with van der Waals surface area (Å²) < 4.78 is 0. The third-order valence-corrected chi connectivity index (χ3v) is 4.76. The average Bonchev–Trinajstić information content (AvgIpc) is 2.69. The molecule has 1 fully saturated rings. The first-order valence-electron chi connectivity index (χ1n) is 9.03. The molecule has 1 aromatic heterocycles. The van der Waals surface area contributed by atoms with E-state index in [9.17, 15) is 14.4 Å². The number of amides is 3. The molecule has 3 amide bonds. The molecule has 28 heavy (non-hydrogen) atoms. The molecule has 1 aromatic carbocycles. The summed E-state index contributed by atoms with van der Waals surface area (Å²) in [6, 6.07) is 9.93. The van der Waals surface area contributed by atoms with Gasteiger partial charge in [0.25, 0.3) is 5.91 Å². The molecule has 0 saturated carbocycles. The van der Waals surface area contributed by atoms with Crippen LogP contribution in [0.2, 0.25) is 0 Å². The highest BCUT2D eigenvalue weighted by Crippen LogP contribution is 2.25. The number of aromatic nitrogens is 1. The number of rotatable bonds is 4. The van der Waals surface area contributed by atoms with E-state index in [4.69, 9.17) is 5.73 Å². The van der Waals surface area contributed by atoms with Gasteiger partial charge >= 0.3 is 0 Å². The zero-order chi connectivity index (χ0) is 20.3. The Kier molecular flexibility index (Phi) is 5.58. The highest BCUT2D eigenvalue weighted by Gasteiger charge is 2.34. The first-order chi connectivity index (χ1) is 13.4. The lowest BCUT2D eigenvalue weighted by atomic mass is 10.0. The summed E-state index contributed by atoms with van der Waals surface area (Å²) in [7, 11) is 1.50. The van der Waals surface area contributed by atoms with E-state index in [1.807, 2.05) is 19.1 Å². The summed E-state index contributed by atoms with van der Waals surface area (Å²) >= 11 is 0. The van der Waals surface area contributed by atoms with Gasteiger partial charge in [-0.15, -0.1) is 0 Å². The highest BCUT2D eigenvalue weighted by molar-refractivity contribution is 6.00. The summed E-state index contributed by atoms with van der Waals surface area (Å²) in [6.45, 7) is 2.58. The lowest BCUT2D eigenvalue weighted by Crippen LogP contribution is -2.58. The van der Waals surface area contributed by atoms with E-state index in [0.29, 0.717) is 24.5 Å². The third kappa shape index (κ3) is 3.95. The molecular formula is C20H23N5O3. The van der Waals surface area contributed by atoms with Gasteiger partial charge < -0.3 is 21.3 Å². The van der Waals surface area contributed by atoms with Crippen LogP contribution in [0.4, 0.5) is 5.82 Å². The van der Waals surface area contributed by atoms with Crippen molar-refractivity contribution in [2.24, 2.45) is 0 Å². The third-order valence-electron chi connectivity index (χ3n) is 4.76. The zero-order valence-electron chi connectivity index (χ0n) is 15.9. The lowest BCUT2D eigenvalue weighted by Gasteiger charge is -2.34. The SMILES string of the molecule is CNC(=O)C[C@@H]1C(=O)NCCN1C(=O)c1ccc(-c2ccc(C)nc2N)cc1. The van der Waals surface area contributed by atoms with E-state index in [0.717, 1.165) is 16.8 Å². The molecule has 1 saturated heterocycles. The van der Waals surface area contributed by atoms with E-state index < -0.39 is 6.04 Å². The van der Waals surface area contributed by atoms with Crippen LogP contribution < -0.4 is 16.4 Å². The Morgan fingerprint density at radius 1 is 1.25 bits per heavy atom. The monoisotopic (exact) mass is 381 g/mol. The quantitative estimate of drug-likeness (QED) is 0.721. The Morgan fingerprint density at radius 3 is 2.61 bits per heavy atom. The number of nitrogens with zero attached hydrogens (tertiary/aromatic N) is 2. The topological polar surface area (TPSA) is 117 Å². The largest absolute Gasteiger partial charge is 0.383 e. The van der Waals surface area contributed by atoms with Gasteiger partial charge in [-0.2, -0.15) is 0 Å². The van der Waals surface area contributed by atoms with E-state index in [1.54, 1.807) is 24.3 Å². The van der Waals surface area contributed by atoms with Gasteiger partial charge in [0.05, 0.1) is 6.42 Å². The molecule has 2 heterocycles. The van der Waals surface area contributed by atoms with Crippen molar-refractivity contribution in [2.45, 2.75) is 19.4 Å². The number of nitrogens with two attached hydrogens (primary N) is 1. The second-order valence-corrected chi connectivity index (χ2v) is 6.65. The fourth-order valence-corrected chi connectivity index (χ4v) is 3.22. The number of hydrogen-bond donors (Lipinski definition) is 3. The van der Waals surface area contributed by atoms with Gasteiger partial charge in [0.1, 0.15) is 11.9 Å². The molecule has 8 nitrogen and oxygen atoms in total. The van der Waals surface area contributed by atoms with Crippen LogP contribution in [0.25, 0.3) is 11.1 Å². The number of anilines is 1. The Balaban J connectivity index is 1.83. The van der Waals surface area contributed by atoms with Crippen LogP contribution >= 0.6 is 0 Å². The number of aryl methyl sites for hydroxylation is 1. The lowest BCUT2D eigenvalue weighted by molar-refractivity contribution is -0.132. The summed E-state index contributed by atoms with van der Waals surface area (Å²) in [5.41, 5.74) is 8.91. The predicted octanol–water partition coefficient (Wildman–Crippen LogP) is 0.716. The second kappa shape index (κ2) is 8.08. The fourth-order valence-electron chi connectivity index (χ4n) is 3.22. The average molecular weight is 381 g/mol. The van der Waals surface area contributed by atoms with Crippen molar-refractivity contribution < 1.29 is 14.4 Å². The summed E-state index contributed by atoms with van der Waals surface area (Å²) in [6.07, 6.45) is -0.0717. The molecule has 3 rings (SSSR count). The Morgan fingerprint density at radius 2 is 1.96 bits per heavy atom. The number of benzene rings is 1. The van der Waals surface area contributed by atoms with Crippen LogP contribution in [-0.2, 0) is 9.59 Å². The Labute approximate surface area is 163 Å². The van der Waals surface area contributed by atoms with E-state index in [-0.39, 0.29) is 24.1 Å². The molecular weight excluding hydrogens is 358 g/mol. The first-order valence-corrected chi connectivity index (χ1v) is 9.03. The molecule has 1 aliphatic heterocycles. The minimum absolute atomic E-state index is 0.0717. The smallest absolute Gasteiger partial charge is 0.254 e. The molecule has 4 N–H and O–H groups in total. The van der Waals surface area contributed by atoms with Gasteiger partial charge in [-0.1, -0.05) is 12.1 Å². The Bertz CT molecular complexity index is 911. The first kappa shape index (κ1) is 19.3. The van der Waals surface area contributed by atoms with Crippen molar-refractivity contribution in [2.75, 3.05) is 25.9 Å². The minimum atomic E-state index is -0.821. The molecule has 2 aromatic rings. The number of nitrogen functional groups attached to an aromatic ring is 1. The van der Waals surface area contributed by atoms with Gasteiger partial charge in [0, 0.05) is 37.0 Å². The van der Waals surface area contributed by atoms with Crippen molar-refractivity contribution in [1.29, 1.82) is 0 Å². The number of hydrogen-bond acceptors (Lipinski definition) is 5. The van der Waals surface area contributed by atoms with Gasteiger partial charge in [-0.05, 0) is 36.8 Å². The van der Waals surface area contributed by atoms with Gasteiger partial charge in [0.2, 0.25) is 11.8 Å². The van der Waals surface area contributed by atoms with E-state index >= 15 is 0 Å². The molecule has 0 bridgehead atoms. The van der Waals surface area contributed by atoms with Crippen LogP contribution in [0.15, 0.2) is 36.4 Å². The molecule has 0 aliphatic carbocycles. The fraction of sp³-hybridized carbons (Fsp3) is 0.300. The zero-order valence-corrected chi connectivity index (χ0v) is 15.9. The summed E-state index contributed by atoms with van der Waals surface area (Å²) in [5, 5.41) is 5.20. The molecule has 0 spiro atoms. The number of nitrogens with one attached hydrogen (secondary N) is 2. The van der Waals surface area contributed by atoms with Gasteiger partial charge in [-0.3, -0.25) is 14.4 Å². The minimum Gasteiger partial charge on any atom is -0.383 e. The van der Waals surface area contributed by atoms with E-state index in [2.05, 4.69) is 15.6 Å². The molecule has 0 radical (unpaired) electrons. The molecule has 146 valence electrons. The Hall–Kier alpha value is -3.42. The van der Waals surface area contributed by atoms with E-state index in [1.165, 1.54) is 11.9 Å². The van der Waals surface area contributed by atoms with Crippen molar-refractivity contribution in [1.82, 2.24) is 20.5 Å². The number of carbonyl (C=O) groups excluding carboxylic acids is 3. The summed E-state index contributed by atoms with van der Waals surface area (Å²) in [4.78, 5) is 42.6.